The van der Waals surface area contributed by atoms with Crippen LogP contribution in [0.1, 0.15) is 22.3 Å². The van der Waals surface area contributed by atoms with Gasteiger partial charge in [-0.1, -0.05) is 24.3 Å². The van der Waals surface area contributed by atoms with E-state index in [9.17, 15) is 27.9 Å². The van der Waals surface area contributed by atoms with Gasteiger partial charge in [-0.3, -0.25) is 9.59 Å². The van der Waals surface area contributed by atoms with Crippen LogP contribution in [0, 0.1) is 13.8 Å². The third kappa shape index (κ3) is 9.88. The van der Waals surface area contributed by atoms with Gasteiger partial charge in [0.15, 0.2) is 6.61 Å². The summed E-state index contributed by atoms with van der Waals surface area (Å²) < 4.78 is 49.6. The Hall–Kier alpha value is -3.23. The molecule has 0 aliphatic heterocycles. The maximum atomic E-state index is 12.0. The Morgan fingerprint density at radius 2 is 1.35 bits per heavy atom. The fraction of sp³-hybridized carbons (Fsp3) is 0.364. The number of phenols is 1. The Kier molecular flexibility index (Phi) is 9.85. The summed E-state index contributed by atoms with van der Waals surface area (Å²) in [6.07, 6.45) is -4.04. The number of phenolic OH excluding ortho intramolecular Hbond substituents is 1. The molecular formula is C22H25F3O6. The monoisotopic (exact) mass is 442 g/mol. The third-order valence-corrected chi connectivity index (χ3v) is 4.04. The van der Waals surface area contributed by atoms with Gasteiger partial charge in [0.25, 0.3) is 0 Å². The standard InChI is InChI=1S/C12H13F3O3.C10H12O3/c1-8-5-9(6-11(16)17-2)3-4-10(8)18-7-12(13,14)15;1-7-5-8(3-4-9(7)11)6-10(12)13-2/h3-5H,6-7H2,1-2H3;3-5,11H,6H2,1-2H3. The molecule has 0 saturated carbocycles. The second-order valence-electron chi connectivity index (χ2n) is 6.63. The predicted octanol–water partition coefficient (Wildman–Crippen LogP) is 4.07. The summed E-state index contributed by atoms with van der Waals surface area (Å²) in [5, 5.41) is 9.22. The minimum atomic E-state index is -4.36. The summed E-state index contributed by atoms with van der Waals surface area (Å²) >= 11 is 0. The van der Waals surface area contributed by atoms with Gasteiger partial charge in [0.2, 0.25) is 0 Å². The van der Waals surface area contributed by atoms with Crippen LogP contribution < -0.4 is 4.74 Å². The Balaban J connectivity index is 0.000000327. The fourth-order valence-electron chi connectivity index (χ4n) is 2.45. The molecule has 0 bridgehead atoms. The molecule has 9 heteroatoms. The van der Waals surface area contributed by atoms with Crippen LogP contribution in [0.5, 0.6) is 11.5 Å². The van der Waals surface area contributed by atoms with Crippen molar-refractivity contribution in [3.8, 4) is 11.5 Å². The second-order valence-corrected chi connectivity index (χ2v) is 6.63. The Bertz CT molecular complexity index is 893. The van der Waals surface area contributed by atoms with E-state index in [0.29, 0.717) is 11.1 Å². The first-order chi connectivity index (χ1) is 14.4. The zero-order chi connectivity index (χ0) is 23.6. The molecule has 1 N–H and O–H groups in total. The highest BCUT2D eigenvalue weighted by atomic mass is 19.4. The summed E-state index contributed by atoms with van der Waals surface area (Å²) in [4.78, 5) is 21.9. The quantitative estimate of drug-likeness (QED) is 0.680. The van der Waals surface area contributed by atoms with Gasteiger partial charge >= 0.3 is 18.1 Å². The highest BCUT2D eigenvalue weighted by Crippen LogP contribution is 2.23. The zero-order valence-electron chi connectivity index (χ0n) is 17.7. The van der Waals surface area contributed by atoms with Gasteiger partial charge in [0.05, 0.1) is 27.1 Å². The summed E-state index contributed by atoms with van der Waals surface area (Å²) in [6, 6.07) is 9.61. The molecule has 0 saturated heterocycles. The van der Waals surface area contributed by atoms with E-state index >= 15 is 0 Å². The van der Waals surface area contributed by atoms with Crippen LogP contribution in [-0.4, -0.2) is 44.0 Å². The van der Waals surface area contributed by atoms with Crippen molar-refractivity contribution < 1.29 is 42.1 Å². The highest BCUT2D eigenvalue weighted by Gasteiger charge is 2.28. The smallest absolute Gasteiger partial charge is 0.422 e. The molecule has 0 unspecified atom stereocenters. The minimum absolute atomic E-state index is 0.0802. The maximum Gasteiger partial charge on any atom is 0.422 e. The van der Waals surface area contributed by atoms with Crippen molar-refractivity contribution in [3.63, 3.8) is 0 Å². The van der Waals surface area contributed by atoms with Crippen molar-refractivity contribution in [2.75, 3.05) is 20.8 Å². The number of esters is 2. The second kappa shape index (κ2) is 11.8. The molecule has 2 rings (SSSR count). The number of aryl methyl sites for hydroxylation is 2. The molecule has 0 radical (unpaired) electrons. The van der Waals surface area contributed by atoms with E-state index in [1.165, 1.54) is 26.4 Å². The molecule has 0 aliphatic rings. The van der Waals surface area contributed by atoms with E-state index in [-0.39, 0.29) is 30.3 Å². The number of methoxy groups -OCH3 is 2. The summed E-state index contributed by atoms with van der Waals surface area (Å²) in [5.41, 5.74) is 2.82. The number of aromatic hydroxyl groups is 1. The molecule has 0 amide bonds. The van der Waals surface area contributed by atoms with E-state index in [0.717, 1.165) is 11.1 Å². The maximum absolute atomic E-state index is 12.0. The van der Waals surface area contributed by atoms with Crippen LogP contribution in [0.15, 0.2) is 36.4 Å². The van der Waals surface area contributed by atoms with Crippen molar-refractivity contribution in [2.24, 2.45) is 0 Å². The zero-order valence-corrected chi connectivity index (χ0v) is 17.7. The van der Waals surface area contributed by atoms with Gasteiger partial charge < -0.3 is 19.3 Å². The number of halogens is 3. The van der Waals surface area contributed by atoms with Gasteiger partial charge in [0.1, 0.15) is 11.5 Å². The largest absolute Gasteiger partial charge is 0.508 e. The molecular weight excluding hydrogens is 417 g/mol. The Morgan fingerprint density at radius 3 is 1.77 bits per heavy atom. The SMILES string of the molecule is COC(=O)Cc1ccc(O)c(C)c1.COC(=O)Cc1ccc(OCC(F)(F)F)c(C)c1. The molecule has 0 spiro atoms. The van der Waals surface area contributed by atoms with Crippen molar-refractivity contribution >= 4 is 11.9 Å². The first-order valence-corrected chi connectivity index (χ1v) is 9.16. The predicted molar refractivity (Wildman–Crippen MR) is 107 cm³/mol. The van der Waals surface area contributed by atoms with Gasteiger partial charge in [-0.2, -0.15) is 13.2 Å². The molecule has 0 aromatic heterocycles. The van der Waals surface area contributed by atoms with Crippen molar-refractivity contribution in [1.82, 2.24) is 0 Å². The molecule has 0 aliphatic carbocycles. The van der Waals surface area contributed by atoms with E-state index < -0.39 is 18.8 Å². The van der Waals surface area contributed by atoms with E-state index in [4.69, 9.17) is 0 Å². The lowest BCUT2D eigenvalue weighted by atomic mass is 10.1. The van der Waals surface area contributed by atoms with Gasteiger partial charge in [-0.05, 0) is 48.2 Å². The normalized spacial score (nSPS) is 10.5. The first kappa shape index (κ1) is 25.8. The lowest BCUT2D eigenvalue weighted by Gasteiger charge is -2.12. The van der Waals surface area contributed by atoms with Crippen LogP contribution in [-0.2, 0) is 31.9 Å². The highest BCUT2D eigenvalue weighted by molar-refractivity contribution is 5.73. The lowest BCUT2D eigenvalue weighted by Crippen LogP contribution is -2.19. The van der Waals surface area contributed by atoms with Crippen LogP contribution in [0.25, 0.3) is 0 Å². The number of alkyl halides is 3. The number of benzene rings is 2. The van der Waals surface area contributed by atoms with Crippen molar-refractivity contribution in [2.45, 2.75) is 32.9 Å². The Morgan fingerprint density at radius 1 is 0.871 bits per heavy atom. The number of carbonyl (C=O) groups is 2. The molecule has 170 valence electrons. The number of hydrogen-bond donors (Lipinski definition) is 1. The lowest BCUT2D eigenvalue weighted by molar-refractivity contribution is -0.153. The molecule has 0 atom stereocenters. The third-order valence-electron chi connectivity index (χ3n) is 4.04. The Labute approximate surface area is 178 Å². The van der Waals surface area contributed by atoms with E-state index in [2.05, 4.69) is 14.2 Å². The molecule has 0 heterocycles. The van der Waals surface area contributed by atoms with Crippen LogP contribution in [0.3, 0.4) is 0 Å². The van der Waals surface area contributed by atoms with Crippen LogP contribution in [0.4, 0.5) is 13.2 Å². The molecule has 2 aromatic rings. The minimum Gasteiger partial charge on any atom is -0.508 e. The summed E-state index contributed by atoms with van der Waals surface area (Å²) in [5.74, 6) is -0.280. The molecule has 0 fully saturated rings. The summed E-state index contributed by atoms with van der Waals surface area (Å²) in [6.45, 7) is 2.08. The first-order valence-electron chi connectivity index (χ1n) is 9.16. The molecule has 2 aromatic carbocycles. The van der Waals surface area contributed by atoms with Gasteiger partial charge in [0, 0.05) is 0 Å². The summed E-state index contributed by atoms with van der Waals surface area (Å²) in [7, 11) is 2.63. The average Bonchev–Trinajstić information content (AvgIpc) is 2.69. The molecule has 31 heavy (non-hydrogen) atoms. The number of hydrogen-bond acceptors (Lipinski definition) is 6. The van der Waals surface area contributed by atoms with E-state index in [1.54, 1.807) is 38.1 Å². The van der Waals surface area contributed by atoms with E-state index in [1.807, 2.05) is 0 Å². The van der Waals surface area contributed by atoms with Gasteiger partial charge in [-0.15, -0.1) is 0 Å². The number of rotatable bonds is 6. The topological polar surface area (TPSA) is 82.1 Å². The van der Waals surface area contributed by atoms with Crippen LogP contribution in [0.2, 0.25) is 0 Å². The number of carbonyl (C=O) groups excluding carboxylic acids is 2. The van der Waals surface area contributed by atoms with Crippen LogP contribution >= 0.6 is 0 Å². The average molecular weight is 442 g/mol. The molecule has 6 nitrogen and oxygen atoms in total. The van der Waals surface area contributed by atoms with Gasteiger partial charge in [-0.25, -0.2) is 0 Å². The van der Waals surface area contributed by atoms with Crippen molar-refractivity contribution in [1.29, 1.82) is 0 Å². The van der Waals surface area contributed by atoms with Crippen molar-refractivity contribution in [3.05, 3.63) is 58.7 Å². The number of ether oxygens (including phenoxy) is 3. The fourth-order valence-corrected chi connectivity index (χ4v) is 2.45.